The third kappa shape index (κ3) is 3.10. The fourth-order valence-corrected chi connectivity index (χ4v) is 2.33. The highest BCUT2D eigenvalue weighted by Crippen LogP contribution is 2.26. The molecule has 0 aliphatic rings. The molecule has 1 unspecified atom stereocenters. The highest BCUT2D eigenvalue weighted by atomic mass is 32.2. The Morgan fingerprint density at radius 1 is 1.41 bits per heavy atom. The lowest BCUT2D eigenvalue weighted by Gasteiger charge is -2.02. The van der Waals surface area contributed by atoms with Gasteiger partial charge in [-0.05, 0) is 5.56 Å². The SMILES string of the molecule is NCc1ccc(-c2csc(OS(=O)[O-])n2)cc1. The van der Waals surface area contributed by atoms with E-state index in [9.17, 15) is 8.76 Å². The summed E-state index contributed by atoms with van der Waals surface area (Å²) < 4.78 is 25.1. The van der Waals surface area contributed by atoms with Crippen LogP contribution >= 0.6 is 11.3 Å². The minimum absolute atomic E-state index is 0.108. The molecule has 0 aliphatic heterocycles. The molecule has 17 heavy (non-hydrogen) atoms. The summed E-state index contributed by atoms with van der Waals surface area (Å²) in [5, 5.41) is 1.84. The van der Waals surface area contributed by atoms with E-state index in [1.165, 1.54) is 0 Å². The first-order chi connectivity index (χ1) is 8.19. The minimum Gasteiger partial charge on any atom is -0.740 e. The molecule has 1 atom stereocenters. The second kappa shape index (κ2) is 5.37. The molecule has 0 fully saturated rings. The number of nitrogens with two attached hydrogens (primary N) is 1. The van der Waals surface area contributed by atoms with Crippen LogP contribution in [-0.2, 0) is 17.9 Å². The first-order valence-electron chi connectivity index (χ1n) is 4.71. The highest BCUT2D eigenvalue weighted by Gasteiger charge is 2.05. The molecule has 2 rings (SSSR count). The maximum atomic E-state index is 10.3. The van der Waals surface area contributed by atoms with E-state index in [0.717, 1.165) is 22.5 Å². The van der Waals surface area contributed by atoms with Crippen molar-refractivity contribution >= 4 is 22.7 Å². The Labute approximate surface area is 105 Å². The van der Waals surface area contributed by atoms with Gasteiger partial charge < -0.3 is 14.5 Å². The second-order valence-corrected chi connectivity index (χ2v) is 4.58. The first-order valence-corrected chi connectivity index (χ1v) is 6.59. The molecule has 1 aromatic carbocycles. The van der Waals surface area contributed by atoms with Gasteiger partial charge in [-0.1, -0.05) is 35.6 Å². The van der Waals surface area contributed by atoms with E-state index in [4.69, 9.17) is 5.73 Å². The van der Waals surface area contributed by atoms with E-state index in [2.05, 4.69) is 9.17 Å². The maximum absolute atomic E-state index is 10.3. The molecule has 2 N–H and O–H groups in total. The third-order valence-corrected chi connectivity index (χ3v) is 3.22. The van der Waals surface area contributed by atoms with Crippen LogP contribution in [0, 0.1) is 0 Å². The smallest absolute Gasteiger partial charge is 0.288 e. The summed E-state index contributed by atoms with van der Waals surface area (Å²) in [6.07, 6.45) is 0. The average Bonchev–Trinajstić information content (AvgIpc) is 2.77. The molecule has 7 heteroatoms. The summed E-state index contributed by atoms with van der Waals surface area (Å²) in [4.78, 5) is 4.05. The first kappa shape index (κ1) is 12.2. The van der Waals surface area contributed by atoms with Gasteiger partial charge in [0, 0.05) is 17.5 Å². The van der Waals surface area contributed by atoms with Crippen LogP contribution in [-0.4, -0.2) is 13.7 Å². The van der Waals surface area contributed by atoms with Crippen molar-refractivity contribution in [3.8, 4) is 16.5 Å². The number of thiazole rings is 1. The van der Waals surface area contributed by atoms with Crippen LogP contribution in [0.1, 0.15) is 5.56 Å². The van der Waals surface area contributed by atoms with Gasteiger partial charge >= 0.3 is 0 Å². The molecule has 1 heterocycles. The van der Waals surface area contributed by atoms with Crippen molar-refractivity contribution in [3.05, 3.63) is 35.2 Å². The van der Waals surface area contributed by atoms with Gasteiger partial charge in [0.15, 0.2) is 0 Å². The number of benzene rings is 1. The Balaban J connectivity index is 2.21. The van der Waals surface area contributed by atoms with Crippen LogP contribution in [0.25, 0.3) is 11.3 Å². The zero-order chi connectivity index (χ0) is 12.3. The lowest BCUT2D eigenvalue weighted by atomic mass is 10.1. The summed E-state index contributed by atoms with van der Waals surface area (Å²) >= 11 is -1.45. The Kier molecular flexibility index (Phi) is 3.85. The van der Waals surface area contributed by atoms with Crippen molar-refractivity contribution in [2.24, 2.45) is 5.73 Å². The van der Waals surface area contributed by atoms with Crippen molar-refractivity contribution in [3.63, 3.8) is 0 Å². The van der Waals surface area contributed by atoms with E-state index in [1.807, 2.05) is 24.3 Å². The molecule has 0 bridgehead atoms. The summed E-state index contributed by atoms with van der Waals surface area (Å²) in [7, 11) is 0. The molecule has 1 aromatic heterocycles. The third-order valence-electron chi connectivity index (χ3n) is 2.11. The quantitative estimate of drug-likeness (QED) is 0.848. The zero-order valence-electron chi connectivity index (χ0n) is 8.66. The van der Waals surface area contributed by atoms with Crippen LogP contribution in [0.3, 0.4) is 0 Å². The van der Waals surface area contributed by atoms with Crippen molar-refractivity contribution < 1.29 is 12.9 Å². The minimum atomic E-state index is -2.58. The number of aromatic nitrogens is 1. The average molecular weight is 269 g/mol. The highest BCUT2D eigenvalue weighted by molar-refractivity contribution is 7.74. The summed E-state index contributed by atoms with van der Waals surface area (Å²) in [6.45, 7) is 0.487. The van der Waals surface area contributed by atoms with Gasteiger partial charge in [0.1, 0.15) is 11.4 Å². The van der Waals surface area contributed by atoms with Gasteiger partial charge in [-0.2, -0.15) is 0 Å². The van der Waals surface area contributed by atoms with Gasteiger partial charge in [-0.25, -0.2) is 9.19 Å². The zero-order valence-corrected chi connectivity index (χ0v) is 10.3. The Morgan fingerprint density at radius 3 is 2.71 bits per heavy atom. The van der Waals surface area contributed by atoms with Crippen LogP contribution in [0.5, 0.6) is 5.19 Å². The molecule has 0 radical (unpaired) electrons. The summed E-state index contributed by atoms with van der Waals surface area (Å²) in [5.41, 5.74) is 8.10. The van der Waals surface area contributed by atoms with Crippen LogP contribution in [0.2, 0.25) is 0 Å². The van der Waals surface area contributed by atoms with Gasteiger partial charge in [0.05, 0.1) is 5.69 Å². The van der Waals surface area contributed by atoms with Crippen LogP contribution in [0.4, 0.5) is 0 Å². The van der Waals surface area contributed by atoms with Crippen molar-refractivity contribution in [1.29, 1.82) is 0 Å². The van der Waals surface area contributed by atoms with Gasteiger partial charge in [0.25, 0.3) is 5.19 Å². The Bertz CT molecular complexity index is 525. The van der Waals surface area contributed by atoms with Crippen LogP contribution < -0.4 is 9.92 Å². The molecule has 0 spiro atoms. The molecule has 0 saturated heterocycles. The standard InChI is InChI=1S/C10H10N2O3S2/c11-5-7-1-3-8(4-2-7)9-6-16-10(12-9)15-17(13)14/h1-4,6H,5,11H2,(H,13,14)/p-1. The lowest BCUT2D eigenvalue weighted by Crippen LogP contribution is -1.97. The topological polar surface area (TPSA) is 88.3 Å². The summed E-state index contributed by atoms with van der Waals surface area (Å²) in [6, 6.07) is 7.58. The Morgan fingerprint density at radius 2 is 2.12 bits per heavy atom. The molecule has 0 aliphatic carbocycles. The van der Waals surface area contributed by atoms with E-state index in [0.29, 0.717) is 12.2 Å². The number of hydrogen-bond acceptors (Lipinski definition) is 6. The monoisotopic (exact) mass is 269 g/mol. The fourth-order valence-electron chi connectivity index (χ4n) is 1.30. The number of nitrogens with zero attached hydrogens (tertiary/aromatic N) is 1. The predicted octanol–water partition coefficient (Wildman–Crippen LogP) is 1.44. The largest absolute Gasteiger partial charge is 0.740 e. The molecular formula is C10H9N2O3S2-. The molecule has 2 aromatic rings. The van der Waals surface area contributed by atoms with Gasteiger partial charge in [-0.3, -0.25) is 0 Å². The molecule has 0 saturated carbocycles. The molecule has 0 amide bonds. The Hall–Kier alpha value is -1.28. The van der Waals surface area contributed by atoms with E-state index in [-0.39, 0.29) is 5.19 Å². The molecule has 5 nitrogen and oxygen atoms in total. The predicted molar refractivity (Wildman–Crippen MR) is 65.0 cm³/mol. The van der Waals surface area contributed by atoms with Crippen molar-refractivity contribution in [2.45, 2.75) is 6.54 Å². The number of hydrogen-bond donors (Lipinski definition) is 1. The number of rotatable bonds is 4. The van der Waals surface area contributed by atoms with Crippen LogP contribution in [0.15, 0.2) is 29.6 Å². The van der Waals surface area contributed by atoms with Gasteiger partial charge in [0.2, 0.25) is 0 Å². The maximum Gasteiger partial charge on any atom is 0.288 e. The molecular weight excluding hydrogens is 260 g/mol. The summed E-state index contributed by atoms with van der Waals surface area (Å²) in [5.74, 6) is 0. The normalized spacial score (nSPS) is 12.4. The fraction of sp³-hybridized carbons (Fsp3) is 0.100. The van der Waals surface area contributed by atoms with E-state index >= 15 is 0 Å². The lowest BCUT2D eigenvalue weighted by molar-refractivity contribution is 0.439. The molecule has 90 valence electrons. The van der Waals surface area contributed by atoms with Crippen molar-refractivity contribution in [2.75, 3.05) is 0 Å². The van der Waals surface area contributed by atoms with Crippen molar-refractivity contribution in [1.82, 2.24) is 4.98 Å². The van der Waals surface area contributed by atoms with E-state index < -0.39 is 11.4 Å². The van der Waals surface area contributed by atoms with E-state index in [1.54, 1.807) is 5.38 Å². The second-order valence-electron chi connectivity index (χ2n) is 3.19. The van der Waals surface area contributed by atoms with Gasteiger partial charge in [-0.15, -0.1) is 0 Å².